The third-order valence-corrected chi connectivity index (χ3v) is 7.25. The Kier molecular flexibility index (Phi) is 6.48. The highest BCUT2D eigenvalue weighted by Gasteiger charge is 2.29. The van der Waals surface area contributed by atoms with Crippen LogP contribution in [0.25, 0.3) is 10.6 Å². The number of aromatic nitrogens is 1. The first-order chi connectivity index (χ1) is 15.3. The molecule has 166 valence electrons. The van der Waals surface area contributed by atoms with Crippen molar-refractivity contribution in [3.8, 4) is 10.6 Å². The molecule has 1 saturated heterocycles. The van der Waals surface area contributed by atoms with Gasteiger partial charge in [-0.3, -0.25) is 4.79 Å². The van der Waals surface area contributed by atoms with Crippen molar-refractivity contribution in [2.24, 2.45) is 0 Å². The van der Waals surface area contributed by atoms with Crippen LogP contribution in [0.4, 0.5) is 5.69 Å². The molecular formula is C24H24ClN3O3S. The molecule has 2 aromatic carbocycles. The van der Waals surface area contributed by atoms with Gasteiger partial charge in [-0.1, -0.05) is 29.8 Å². The van der Waals surface area contributed by atoms with Gasteiger partial charge in [0.25, 0.3) is 5.91 Å². The van der Waals surface area contributed by atoms with E-state index in [0.29, 0.717) is 16.4 Å². The van der Waals surface area contributed by atoms with Crippen molar-refractivity contribution in [2.45, 2.75) is 25.8 Å². The van der Waals surface area contributed by atoms with Crippen LogP contribution >= 0.6 is 22.9 Å². The maximum atomic E-state index is 13.3. The molecule has 2 heterocycles. The number of benzene rings is 2. The highest BCUT2D eigenvalue weighted by atomic mass is 35.5. The number of aryl methyl sites for hydroxylation is 1. The number of carboxylic acid groups (broad SMARTS) is 1. The molecule has 32 heavy (non-hydrogen) atoms. The van der Waals surface area contributed by atoms with E-state index < -0.39 is 5.97 Å². The predicted molar refractivity (Wildman–Crippen MR) is 128 cm³/mol. The minimum absolute atomic E-state index is 0.0326. The molecule has 1 aliphatic rings. The molecular weight excluding hydrogens is 446 g/mol. The fourth-order valence-electron chi connectivity index (χ4n) is 3.98. The second kappa shape index (κ2) is 9.30. The Bertz CT molecular complexity index is 1150. The summed E-state index contributed by atoms with van der Waals surface area (Å²) < 4.78 is 0. The van der Waals surface area contributed by atoms with Gasteiger partial charge < -0.3 is 14.9 Å². The lowest BCUT2D eigenvalue weighted by Gasteiger charge is -2.38. The van der Waals surface area contributed by atoms with Gasteiger partial charge in [-0.05, 0) is 50.1 Å². The van der Waals surface area contributed by atoms with Crippen molar-refractivity contribution in [2.75, 3.05) is 25.0 Å². The summed E-state index contributed by atoms with van der Waals surface area (Å²) in [7, 11) is 1.84. The molecule has 8 heteroatoms. The van der Waals surface area contributed by atoms with Crippen molar-refractivity contribution in [3.05, 3.63) is 69.7 Å². The highest BCUT2D eigenvalue weighted by Crippen LogP contribution is 2.31. The maximum Gasteiger partial charge on any atom is 0.335 e. The van der Waals surface area contributed by atoms with Gasteiger partial charge in [-0.2, -0.15) is 0 Å². The number of amides is 1. The zero-order valence-corrected chi connectivity index (χ0v) is 19.5. The Morgan fingerprint density at radius 2 is 1.97 bits per heavy atom. The number of nitrogens with zero attached hydrogens (tertiary/aromatic N) is 3. The summed E-state index contributed by atoms with van der Waals surface area (Å²) in [4.78, 5) is 33.9. The van der Waals surface area contributed by atoms with E-state index in [1.165, 1.54) is 11.3 Å². The molecule has 0 aliphatic carbocycles. The number of hydrogen-bond acceptors (Lipinski definition) is 5. The number of carboxylic acids is 1. The predicted octanol–water partition coefficient (Wildman–Crippen LogP) is 5.21. The van der Waals surface area contributed by atoms with Crippen LogP contribution in [0.1, 0.15) is 38.6 Å². The average Bonchev–Trinajstić information content (AvgIpc) is 3.20. The largest absolute Gasteiger partial charge is 0.478 e. The molecule has 0 unspecified atom stereocenters. The van der Waals surface area contributed by atoms with E-state index in [1.807, 2.05) is 44.3 Å². The van der Waals surface area contributed by atoms with Crippen molar-refractivity contribution < 1.29 is 14.7 Å². The second-order valence-corrected chi connectivity index (χ2v) is 9.39. The van der Waals surface area contributed by atoms with Crippen LogP contribution < -0.4 is 4.90 Å². The fraction of sp³-hybridized carbons (Fsp3) is 0.292. The van der Waals surface area contributed by atoms with E-state index in [2.05, 4.69) is 9.88 Å². The number of anilines is 1. The Morgan fingerprint density at radius 3 is 2.69 bits per heavy atom. The number of rotatable bonds is 5. The SMILES string of the molecule is Cc1nc(-c2ccc(Cl)cc2)sc1C(=O)N(C)[C@H]1CCCN(c2cccc(C(=O)O)c2)C1. The first-order valence-electron chi connectivity index (χ1n) is 10.4. The lowest BCUT2D eigenvalue weighted by molar-refractivity contribution is 0.0695. The Hall–Kier alpha value is -2.90. The standard InChI is InChI=1S/C24H24ClN3O3S/c1-15-21(32-22(26-15)16-8-10-18(25)11-9-16)23(29)27(2)20-7-4-12-28(14-20)19-6-3-5-17(13-19)24(30)31/h3,5-6,8-11,13,20H,4,7,12,14H2,1-2H3,(H,30,31)/t20-/m0/s1. The van der Waals surface area contributed by atoms with E-state index in [9.17, 15) is 14.7 Å². The van der Waals surface area contributed by atoms with Gasteiger partial charge in [0.2, 0.25) is 0 Å². The summed E-state index contributed by atoms with van der Waals surface area (Å²) >= 11 is 7.38. The summed E-state index contributed by atoms with van der Waals surface area (Å²) in [5, 5.41) is 10.7. The molecule has 1 N–H and O–H groups in total. The van der Waals surface area contributed by atoms with Crippen LogP contribution in [0, 0.1) is 6.92 Å². The molecule has 1 amide bonds. The topological polar surface area (TPSA) is 73.7 Å². The number of thiazole rings is 1. The number of carbonyl (C=O) groups excluding carboxylic acids is 1. The minimum Gasteiger partial charge on any atom is -0.478 e. The van der Waals surface area contributed by atoms with E-state index in [0.717, 1.165) is 41.3 Å². The Labute approximate surface area is 196 Å². The van der Waals surface area contributed by atoms with Gasteiger partial charge in [-0.25, -0.2) is 9.78 Å². The zero-order valence-electron chi connectivity index (χ0n) is 17.9. The molecule has 1 fully saturated rings. The average molecular weight is 470 g/mol. The normalized spacial score (nSPS) is 16.1. The highest BCUT2D eigenvalue weighted by molar-refractivity contribution is 7.17. The monoisotopic (exact) mass is 469 g/mol. The minimum atomic E-state index is -0.940. The molecule has 0 radical (unpaired) electrons. The maximum absolute atomic E-state index is 13.3. The van der Waals surface area contributed by atoms with Gasteiger partial charge in [0.05, 0.1) is 11.3 Å². The summed E-state index contributed by atoms with van der Waals surface area (Å²) in [6.45, 7) is 3.36. The van der Waals surface area contributed by atoms with Crippen molar-refractivity contribution in [3.63, 3.8) is 0 Å². The molecule has 3 aromatic rings. The Morgan fingerprint density at radius 1 is 1.22 bits per heavy atom. The summed E-state index contributed by atoms with van der Waals surface area (Å²) in [5.41, 5.74) is 2.79. The number of hydrogen-bond donors (Lipinski definition) is 1. The van der Waals surface area contributed by atoms with Gasteiger partial charge >= 0.3 is 5.97 Å². The van der Waals surface area contributed by atoms with Crippen LogP contribution in [0.15, 0.2) is 48.5 Å². The number of piperidine rings is 1. The molecule has 6 nitrogen and oxygen atoms in total. The van der Waals surface area contributed by atoms with Crippen LogP contribution in [0.3, 0.4) is 0 Å². The lowest BCUT2D eigenvalue weighted by Crippen LogP contribution is -2.48. The summed E-state index contributed by atoms with van der Waals surface area (Å²) in [6, 6.07) is 14.4. The van der Waals surface area contributed by atoms with Gasteiger partial charge in [0.1, 0.15) is 9.88 Å². The molecule has 1 atom stereocenters. The fourth-order valence-corrected chi connectivity index (χ4v) is 5.16. The second-order valence-electron chi connectivity index (χ2n) is 7.95. The van der Waals surface area contributed by atoms with E-state index in [-0.39, 0.29) is 17.5 Å². The third kappa shape index (κ3) is 4.64. The van der Waals surface area contributed by atoms with Crippen LogP contribution in [0.5, 0.6) is 0 Å². The number of halogens is 1. The first kappa shape index (κ1) is 22.3. The number of carbonyl (C=O) groups is 2. The summed E-state index contributed by atoms with van der Waals surface area (Å²) in [6.07, 6.45) is 1.83. The molecule has 0 saturated carbocycles. The Balaban J connectivity index is 1.51. The molecule has 0 bridgehead atoms. The summed E-state index contributed by atoms with van der Waals surface area (Å²) in [5.74, 6) is -0.976. The smallest absolute Gasteiger partial charge is 0.335 e. The molecule has 4 rings (SSSR count). The van der Waals surface area contributed by atoms with Crippen LogP contribution in [0.2, 0.25) is 5.02 Å². The molecule has 1 aliphatic heterocycles. The third-order valence-electron chi connectivity index (χ3n) is 5.80. The van der Waals surface area contributed by atoms with Crippen molar-refractivity contribution in [1.29, 1.82) is 0 Å². The van der Waals surface area contributed by atoms with E-state index in [1.54, 1.807) is 23.1 Å². The lowest BCUT2D eigenvalue weighted by atomic mass is 10.0. The van der Waals surface area contributed by atoms with Crippen molar-refractivity contribution >= 4 is 40.5 Å². The van der Waals surface area contributed by atoms with E-state index >= 15 is 0 Å². The van der Waals surface area contributed by atoms with Crippen molar-refractivity contribution in [1.82, 2.24) is 9.88 Å². The van der Waals surface area contributed by atoms with E-state index in [4.69, 9.17) is 11.6 Å². The quantitative estimate of drug-likeness (QED) is 0.555. The van der Waals surface area contributed by atoms with Gasteiger partial charge in [0, 0.05) is 42.5 Å². The zero-order chi connectivity index (χ0) is 22.8. The van der Waals surface area contributed by atoms with Crippen LogP contribution in [-0.2, 0) is 0 Å². The molecule has 0 spiro atoms. The first-order valence-corrected chi connectivity index (χ1v) is 11.6. The number of aromatic carboxylic acids is 1. The van der Waals surface area contributed by atoms with Gasteiger partial charge in [0.15, 0.2) is 0 Å². The van der Waals surface area contributed by atoms with Gasteiger partial charge in [-0.15, -0.1) is 11.3 Å². The number of likely N-dealkylation sites (N-methyl/N-ethyl adjacent to an activating group) is 1. The van der Waals surface area contributed by atoms with Crippen LogP contribution in [-0.4, -0.2) is 53.0 Å². The molecule has 1 aromatic heterocycles.